The van der Waals surface area contributed by atoms with E-state index in [1.54, 1.807) is 23.0 Å². The second-order valence-electron chi connectivity index (χ2n) is 5.66. The molecule has 0 spiro atoms. The third-order valence-electron chi connectivity index (χ3n) is 3.88. The van der Waals surface area contributed by atoms with E-state index in [0.29, 0.717) is 29.5 Å². The summed E-state index contributed by atoms with van der Waals surface area (Å²) in [5.41, 5.74) is 1.77. The summed E-state index contributed by atoms with van der Waals surface area (Å²) < 4.78 is 17.5. The summed E-state index contributed by atoms with van der Waals surface area (Å²) in [4.78, 5) is 12.5. The van der Waals surface area contributed by atoms with Crippen LogP contribution in [-0.4, -0.2) is 42.2 Å². The molecule has 3 aromatic rings. The van der Waals surface area contributed by atoms with Gasteiger partial charge in [0.25, 0.3) is 5.91 Å². The molecule has 0 fully saturated rings. The molecule has 2 aromatic carbocycles. The molecule has 8 heteroatoms. The zero-order valence-electron chi connectivity index (χ0n) is 15.3. The second-order valence-corrected chi connectivity index (χ2v) is 5.66. The first-order valence-corrected chi connectivity index (χ1v) is 8.20. The van der Waals surface area contributed by atoms with Gasteiger partial charge in [0.1, 0.15) is 0 Å². The van der Waals surface area contributed by atoms with Crippen LogP contribution in [0.3, 0.4) is 0 Å². The Morgan fingerprint density at radius 1 is 1.04 bits per heavy atom. The van der Waals surface area contributed by atoms with Gasteiger partial charge in [-0.2, -0.15) is 0 Å². The van der Waals surface area contributed by atoms with Gasteiger partial charge in [-0.05, 0) is 5.56 Å². The molecule has 8 nitrogen and oxygen atoms in total. The number of methoxy groups -OCH3 is 3. The van der Waals surface area contributed by atoms with Gasteiger partial charge in [-0.15, -0.1) is 5.10 Å². The molecule has 3 rings (SSSR count). The quantitative estimate of drug-likeness (QED) is 0.690. The van der Waals surface area contributed by atoms with Crippen LogP contribution in [0.2, 0.25) is 0 Å². The predicted molar refractivity (Wildman–Crippen MR) is 99.6 cm³/mol. The molecule has 0 unspecified atom stereocenters. The maximum Gasteiger partial charge on any atom is 0.277 e. The average molecular weight is 368 g/mol. The highest BCUT2D eigenvalue weighted by molar-refractivity contribution is 6.03. The van der Waals surface area contributed by atoms with Crippen LogP contribution in [0.5, 0.6) is 17.2 Å². The van der Waals surface area contributed by atoms with Crippen molar-refractivity contribution in [1.82, 2.24) is 15.0 Å². The van der Waals surface area contributed by atoms with Crippen molar-refractivity contribution in [3.63, 3.8) is 0 Å². The van der Waals surface area contributed by atoms with Crippen LogP contribution in [0.25, 0.3) is 0 Å². The van der Waals surface area contributed by atoms with Crippen molar-refractivity contribution in [1.29, 1.82) is 0 Å². The van der Waals surface area contributed by atoms with E-state index in [1.165, 1.54) is 21.3 Å². The smallest absolute Gasteiger partial charge is 0.277 e. The number of nitrogens with zero attached hydrogens (tertiary/aromatic N) is 3. The summed E-state index contributed by atoms with van der Waals surface area (Å²) in [5, 5.41) is 10.7. The van der Waals surface area contributed by atoms with Gasteiger partial charge in [-0.25, -0.2) is 4.68 Å². The molecule has 0 bridgehead atoms. The summed E-state index contributed by atoms with van der Waals surface area (Å²) in [5.74, 6) is 0.954. The number of nitrogens with one attached hydrogen (secondary N) is 1. The maximum atomic E-state index is 12.5. The van der Waals surface area contributed by atoms with E-state index in [-0.39, 0.29) is 11.6 Å². The van der Waals surface area contributed by atoms with Crippen molar-refractivity contribution in [2.24, 2.45) is 0 Å². The van der Waals surface area contributed by atoms with E-state index in [4.69, 9.17) is 14.2 Å². The Labute approximate surface area is 156 Å². The number of anilines is 1. The van der Waals surface area contributed by atoms with Gasteiger partial charge in [0, 0.05) is 17.8 Å². The number of benzene rings is 2. The molecule has 0 saturated heterocycles. The average Bonchev–Trinajstić information content (AvgIpc) is 3.16. The highest BCUT2D eigenvalue weighted by Crippen LogP contribution is 2.39. The van der Waals surface area contributed by atoms with Crippen LogP contribution < -0.4 is 19.5 Å². The van der Waals surface area contributed by atoms with Crippen molar-refractivity contribution in [3.8, 4) is 17.2 Å². The van der Waals surface area contributed by atoms with Gasteiger partial charge in [0.15, 0.2) is 17.2 Å². The molecule has 1 N–H and O–H groups in total. The lowest BCUT2D eigenvalue weighted by Crippen LogP contribution is -2.13. The maximum absolute atomic E-state index is 12.5. The normalized spacial score (nSPS) is 10.3. The van der Waals surface area contributed by atoms with E-state index in [9.17, 15) is 4.79 Å². The molecule has 140 valence electrons. The van der Waals surface area contributed by atoms with Gasteiger partial charge < -0.3 is 19.5 Å². The first-order chi connectivity index (χ1) is 13.1. The summed E-state index contributed by atoms with van der Waals surface area (Å²) in [7, 11) is 4.54. The van der Waals surface area contributed by atoms with Crippen LogP contribution in [0, 0.1) is 0 Å². The van der Waals surface area contributed by atoms with E-state index >= 15 is 0 Å². The molecule has 1 amide bonds. The van der Waals surface area contributed by atoms with Crippen molar-refractivity contribution < 1.29 is 19.0 Å². The fraction of sp³-hybridized carbons (Fsp3) is 0.211. The Kier molecular flexibility index (Phi) is 5.55. The van der Waals surface area contributed by atoms with Crippen molar-refractivity contribution in [2.75, 3.05) is 26.6 Å². The summed E-state index contributed by atoms with van der Waals surface area (Å²) in [6, 6.07) is 13.1. The first-order valence-electron chi connectivity index (χ1n) is 8.20. The van der Waals surface area contributed by atoms with Crippen LogP contribution in [0.4, 0.5) is 5.69 Å². The third-order valence-corrected chi connectivity index (χ3v) is 3.88. The predicted octanol–water partition coefficient (Wildman–Crippen LogP) is 2.60. The molecular weight excluding hydrogens is 348 g/mol. The highest BCUT2D eigenvalue weighted by Gasteiger charge is 2.16. The number of hydrogen-bond donors (Lipinski definition) is 1. The zero-order chi connectivity index (χ0) is 19.2. The van der Waals surface area contributed by atoms with Gasteiger partial charge >= 0.3 is 0 Å². The molecule has 1 heterocycles. The standard InChI is InChI=1S/C19H20N4O4/c1-25-16-9-14(10-17(26-2)18(16)27-3)20-19(24)15-12-23(22-21-15)11-13-7-5-4-6-8-13/h4-10,12H,11H2,1-3H3,(H,20,24). The molecule has 0 aliphatic carbocycles. The van der Waals surface area contributed by atoms with E-state index in [1.807, 2.05) is 30.3 Å². The third kappa shape index (κ3) is 4.17. The fourth-order valence-corrected chi connectivity index (χ4v) is 2.60. The second kappa shape index (κ2) is 8.22. The van der Waals surface area contributed by atoms with Gasteiger partial charge in [-0.1, -0.05) is 35.5 Å². The van der Waals surface area contributed by atoms with Gasteiger partial charge in [0.2, 0.25) is 5.75 Å². The Balaban J connectivity index is 1.76. The number of ether oxygens (including phenoxy) is 3. The largest absolute Gasteiger partial charge is 0.493 e. The molecule has 27 heavy (non-hydrogen) atoms. The number of hydrogen-bond acceptors (Lipinski definition) is 6. The molecular formula is C19H20N4O4. The SMILES string of the molecule is COc1cc(NC(=O)c2cn(Cc3ccccc3)nn2)cc(OC)c1OC. The minimum absolute atomic E-state index is 0.208. The minimum atomic E-state index is -0.386. The fourth-order valence-electron chi connectivity index (χ4n) is 2.60. The van der Waals surface area contributed by atoms with Gasteiger partial charge in [0.05, 0.1) is 34.1 Å². The lowest BCUT2D eigenvalue weighted by molar-refractivity contribution is 0.102. The molecule has 0 atom stereocenters. The first kappa shape index (κ1) is 18.2. The Morgan fingerprint density at radius 3 is 2.30 bits per heavy atom. The van der Waals surface area contributed by atoms with Crippen LogP contribution in [0.1, 0.15) is 16.1 Å². The van der Waals surface area contributed by atoms with E-state index in [2.05, 4.69) is 15.6 Å². The number of rotatable bonds is 7. The minimum Gasteiger partial charge on any atom is -0.493 e. The highest BCUT2D eigenvalue weighted by atomic mass is 16.5. The van der Waals surface area contributed by atoms with Gasteiger partial charge in [-0.3, -0.25) is 4.79 Å². The summed E-state index contributed by atoms with van der Waals surface area (Å²) in [6.45, 7) is 0.533. The topological polar surface area (TPSA) is 87.5 Å². The number of amides is 1. The molecule has 0 saturated carbocycles. The molecule has 0 radical (unpaired) electrons. The molecule has 0 aliphatic rings. The summed E-state index contributed by atoms with van der Waals surface area (Å²) >= 11 is 0. The number of carbonyl (C=O) groups excluding carboxylic acids is 1. The Hall–Kier alpha value is -3.55. The van der Waals surface area contributed by atoms with Crippen molar-refractivity contribution in [3.05, 3.63) is 59.9 Å². The summed E-state index contributed by atoms with van der Waals surface area (Å²) in [6.07, 6.45) is 1.60. The van der Waals surface area contributed by atoms with Crippen LogP contribution >= 0.6 is 0 Å². The Bertz CT molecular complexity index is 899. The molecule has 0 aliphatic heterocycles. The van der Waals surface area contributed by atoms with Crippen LogP contribution in [-0.2, 0) is 6.54 Å². The van der Waals surface area contributed by atoms with Crippen LogP contribution in [0.15, 0.2) is 48.7 Å². The van der Waals surface area contributed by atoms with E-state index in [0.717, 1.165) is 5.56 Å². The number of aromatic nitrogens is 3. The monoisotopic (exact) mass is 368 g/mol. The zero-order valence-corrected chi connectivity index (χ0v) is 15.3. The number of carbonyl (C=O) groups is 1. The lowest BCUT2D eigenvalue weighted by Gasteiger charge is -2.14. The van der Waals surface area contributed by atoms with Crippen molar-refractivity contribution >= 4 is 11.6 Å². The lowest BCUT2D eigenvalue weighted by atomic mass is 10.2. The Morgan fingerprint density at radius 2 is 1.70 bits per heavy atom. The van der Waals surface area contributed by atoms with Crippen molar-refractivity contribution in [2.45, 2.75) is 6.54 Å². The molecule has 1 aromatic heterocycles. The van der Waals surface area contributed by atoms with E-state index < -0.39 is 0 Å².